The Morgan fingerprint density at radius 3 is 2.90 bits per heavy atom. The predicted molar refractivity (Wildman–Crippen MR) is 81.1 cm³/mol. The molecule has 2 aromatic rings. The van der Waals surface area contributed by atoms with Gasteiger partial charge in [-0.15, -0.1) is 11.3 Å². The summed E-state index contributed by atoms with van der Waals surface area (Å²) in [5.41, 5.74) is 0.830. The van der Waals surface area contributed by atoms with E-state index in [9.17, 15) is 9.90 Å². The smallest absolute Gasteiger partial charge is 0.408 e. The number of nitrogens with one attached hydrogen (secondary N) is 2. The third-order valence-corrected chi connectivity index (χ3v) is 3.51. The second-order valence-electron chi connectivity index (χ2n) is 5.57. The number of hydrogen-bond acceptors (Lipinski definition) is 5. The summed E-state index contributed by atoms with van der Waals surface area (Å²) in [4.78, 5) is 12.8. The minimum atomic E-state index is -0.583. The van der Waals surface area contributed by atoms with Crippen molar-refractivity contribution in [1.29, 1.82) is 0 Å². The standard InChI is InChI=1S/C14H19N3O3S/c1-14(2,3)20-13(19)15-11(8-18)9-7-10(17-16-9)12-5-4-6-21-12/h4-7,11,18H,8H2,1-3H3,(H,15,19)(H,16,17)/t11-/m0/s1. The van der Waals surface area contributed by atoms with Crippen molar-refractivity contribution in [2.24, 2.45) is 0 Å². The number of rotatable bonds is 4. The lowest BCUT2D eigenvalue weighted by atomic mass is 10.2. The van der Waals surface area contributed by atoms with Gasteiger partial charge in [-0.1, -0.05) is 6.07 Å². The van der Waals surface area contributed by atoms with Gasteiger partial charge in [-0.05, 0) is 38.3 Å². The molecule has 2 aromatic heterocycles. The molecule has 0 aliphatic carbocycles. The van der Waals surface area contributed by atoms with Gasteiger partial charge in [0, 0.05) is 0 Å². The Kier molecular flexibility index (Phi) is 4.64. The summed E-state index contributed by atoms with van der Waals surface area (Å²) < 4.78 is 5.18. The average molecular weight is 309 g/mol. The molecule has 0 fully saturated rings. The van der Waals surface area contributed by atoms with Gasteiger partial charge in [0.15, 0.2) is 0 Å². The lowest BCUT2D eigenvalue weighted by Crippen LogP contribution is -2.36. The van der Waals surface area contributed by atoms with Gasteiger partial charge in [0.2, 0.25) is 0 Å². The number of aromatic nitrogens is 2. The monoisotopic (exact) mass is 309 g/mol. The number of carbonyl (C=O) groups is 1. The van der Waals surface area contributed by atoms with Crippen LogP contribution in [0.2, 0.25) is 0 Å². The zero-order chi connectivity index (χ0) is 15.5. The fraction of sp³-hybridized carbons (Fsp3) is 0.429. The summed E-state index contributed by atoms with van der Waals surface area (Å²) in [6.45, 7) is 5.11. The van der Waals surface area contributed by atoms with E-state index in [4.69, 9.17) is 4.74 Å². The molecule has 1 atom stereocenters. The summed E-state index contributed by atoms with van der Waals surface area (Å²) in [6, 6.07) is 5.13. The van der Waals surface area contributed by atoms with Crippen LogP contribution in [0.4, 0.5) is 4.79 Å². The molecule has 114 valence electrons. The first-order chi connectivity index (χ1) is 9.89. The lowest BCUT2D eigenvalue weighted by Gasteiger charge is -2.22. The third kappa shape index (κ3) is 4.30. The van der Waals surface area contributed by atoms with Crippen molar-refractivity contribution in [1.82, 2.24) is 15.5 Å². The quantitative estimate of drug-likeness (QED) is 0.810. The van der Waals surface area contributed by atoms with Crippen LogP contribution in [-0.4, -0.2) is 33.6 Å². The topological polar surface area (TPSA) is 87.2 Å². The molecule has 0 aliphatic heterocycles. The van der Waals surface area contributed by atoms with Crippen LogP contribution in [0.25, 0.3) is 10.6 Å². The van der Waals surface area contributed by atoms with Crippen molar-refractivity contribution in [2.45, 2.75) is 32.4 Å². The van der Waals surface area contributed by atoms with E-state index in [-0.39, 0.29) is 6.61 Å². The van der Waals surface area contributed by atoms with Crippen molar-refractivity contribution in [3.05, 3.63) is 29.3 Å². The maximum atomic E-state index is 11.8. The Morgan fingerprint density at radius 1 is 1.57 bits per heavy atom. The molecule has 2 rings (SSSR count). The number of H-pyrrole nitrogens is 1. The van der Waals surface area contributed by atoms with Crippen LogP contribution in [0.15, 0.2) is 23.6 Å². The van der Waals surface area contributed by atoms with Crippen molar-refractivity contribution in [3.63, 3.8) is 0 Å². The first-order valence-corrected chi connectivity index (χ1v) is 7.46. The highest BCUT2D eigenvalue weighted by molar-refractivity contribution is 7.13. The zero-order valence-corrected chi connectivity index (χ0v) is 13.0. The predicted octanol–water partition coefficient (Wildman–Crippen LogP) is 2.70. The summed E-state index contributed by atoms with van der Waals surface area (Å²) in [5.74, 6) is 0. The molecule has 0 aliphatic rings. The van der Waals surface area contributed by atoms with E-state index in [1.54, 1.807) is 32.1 Å². The van der Waals surface area contributed by atoms with Gasteiger partial charge in [-0.2, -0.15) is 5.10 Å². The average Bonchev–Trinajstić information content (AvgIpc) is 3.03. The second-order valence-corrected chi connectivity index (χ2v) is 6.51. The number of nitrogens with zero attached hydrogens (tertiary/aromatic N) is 1. The SMILES string of the molecule is CC(C)(C)OC(=O)N[C@@H](CO)c1cc(-c2cccs2)n[nH]1. The zero-order valence-electron chi connectivity index (χ0n) is 12.2. The molecule has 0 saturated carbocycles. The van der Waals surface area contributed by atoms with Crippen LogP contribution in [0.1, 0.15) is 32.5 Å². The van der Waals surface area contributed by atoms with Gasteiger partial charge < -0.3 is 15.2 Å². The number of aromatic amines is 1. The molecule has 1 amide bonds. The fourth-order valence-corrected chi connectivity index (χ4v) is 2.42. The van der Waals surface area contributed by atoms with Crippen molar-refractivity contribution in [2.75, 3.05) is 6.61 Å². The minimum absolute atomic E-state index is 0.245. The van der Waals surface area contributed by atoms with Crippen molar-refractivity contribution < 1.29 is 14.6 Å². The molecule has 21 heavy (non-hydrogen) atoms. The minimum Gasteiger partial charge on any atom is -0.444 e. The Balaban J connectivity index is 2.06. The molecule has 0 saturated heterocycles. The number of ether oxygens (including phenoxy) is 1. The van der Waals surface area contributed by atoms with Gasteiger partial charge in [-0.3, -0.25) is 5.10 Å². The van der Waals surface area contributed by atoms with Crippen LogP contribution >= 0.6 is 11.3 Å². The molecular weight excluding hydrogens is 290 g/mol. The summed E-state index contributed by atoms with van der Waals surface area (Å²) in [7, 11) is 0. The summed E-state index contributed by atoms with van der Waals surface area (Å²) in [6.07, 6.45) is -0.575. The highest BCUT2D eigenvalue weighted by Crippen LogP contribution is 2.24. The van der Waals surface area contributed by atoms with E-state index in [1.807, 2.05) is 23.6 Å². The highest BCUT2D eigenvalue weighted by Gasteiger charge is 2.21. The van der Waals surface area contributed by atoms with E-state index < -0.39 is 17.7 Å². The van der Waals surface area contributed by atoms with Crippen molar-refractivity contribution >= 4 is 17.4 Å². The highest BCUT2D eigenvalue weighted by atomic mass is 32.1. The van der Waals surface area contributed by atoms with Crippen molar-refractivity contribution in [3.8, 4) is 10.6 Å². The third-order valence-electron chi connectivity index (χ3n) is 2.62. The van der Waals surface area contributed by atoms with E-state index >= 15 is 0 Å². The Bertz CT molecular complexity index is 587. The normalized spacial score (nSPS) is 13.0. The molecule has 0 radical (unpaired) electrons. The molecule has 6 nitrogen and oxygen atoms in total. The number of hydrogen-bond donors (Lipinski definition) is 3. The summed E-state index contributed by atoms with van der Waals surface area (Å²) >= 11 is 1.57. The summed E-state index contributed by atoms with van der Waals surface area (Å²) in [5, 5.41) is 21.1. The van der Waals surface area contributed by atoms with Gasteiger partial charge >= 0.3 is 6.09 Å². The van der Waals surface area contributed by atoms with E-state index in [0.717, 1.165) is 10.6 Å². The van der Waals surface area contributed by atoms with E-state index in [2.05, 4.69) is 15.5 Å². The van der Waals surface area contributed by atoms with Crippen LogP contribution in [0, 0.1) is 0 Å². The maximum Gasteiger partial charge on any atom is 0.408 e. The molecule has 0 bridgehead atoms. The first-order valence-electron chi connectivity index (χ1n) is 6.58. The maximum absolute atomic E-state index is 11.8. The Hall–Kier alpha value is -1.86. The molecule has 0 aromatic carbocycles. The number of aliphatic hydroxyl groups excluding tert-OH is 1. The number of amides is 1. The van der Waals surface area contributed by atoms with Crippen LogP contribution in [0.3, 0.4) is 0 Å². The Labute approximate surface area is 127 Å². The van der Waals surface area contributed by atoms with E-state index in [1.165, 1.54) is 0 Å². The molecule has 7 heteroatoms. The molecule has 2 heterocycles. The number of aliphatic hydroxyl groups is 1. The largest absolute Gasteiger partial charge is 0.444 e. The van der Waals surface area contributed by atoms with Gasteiger partial charge in [0.1, 0.15) is 11.3 Å². The molecule has 0 unspecified atom stereocenters. The number of alkyl carbamates (subject to hydrolysis) is 1. The van der Waals surface area contributed by atoms with Gasteiger partial charge in [0.05, 0.1) is 23.2 Å². The number of carbonyl (C=O) groups excluding carboxylic acids is 1. The van der Waals surface area contributed by atoms with Gasteiger partial charge in [-0.25, -0.2) is 4.79 Å². The molecule has 3 N–H and O–H groups in total. The first kappa shape index (κ1) is 15.5. The van der Waals surface area contributed by atoms with Crippen LogP contribution < -0.4 is 5.32 Å². The number of thiophene rings is 1. The molecular formula is C14H19N3O3S. The molecule has 0 spiro atoms. The van der Waals surface area contributed by atoms with Gasteiger partial charge in [0.25, 0.3) is 0 Å². The van der Waals surface area contributed by atoms with Crippen LogP contribution in [-0.2, 0) is 4.74 Å². The van der Waals surface area contributed by atoms with E-state index in [0.29, 0.717) is 5.69 Å². The Morgan fingerprint density at radius 2 is 2.33 bits per heavy atom. The van der Waals surface area contributed by atoms with Crippen LogP contribution in [0.5, 0.6) is 0 Å². The second kappa shape index (κ2) is 6.28. The fourth-order valence-electron chi connectivity index (χ4n) is 1.74. The lowest BCUT2D eigenvalue weighted by molar-refractivity contribution is 0.0480.